The Morgan fingerprint density at radius 3 is 2.18 bits per heavy atom. The Hall–Kier alpha value is -0.930. The number of alkyl halides is 3. The second-order valence-electron chi connectivity index (χ2n) is 3.78. The highest BCUT2D eigenvalue weighted by atomic mass is 35.5. The van der Waals surface area contributed by atoms with Crippen molar-refractivity contribution in [3.8, 4) is 0 Å². The van der Waals surface area contributed by atoms with Crippen molar-refractivity contribution in [3.05, 3.63) is 45.4 Å². The van der Waals surface area contributed by atoms with Crippen LogP contribution in [0.2, 0.25) is 10.0 Å². The van der Waals surface area contributed by atoms with Crippen molar-refractivity contribution >= 4 is 34.0 Å². The number of hydrogen-bond acceptors (Lipinski definition) is 0. The molecule has 0 saturated heterocycles. The normalized spacial score (nSPS) is 12.1. The molecule has 0 unspecified atom stereocenters. The molecule has 90 valence electrons. The third-order valence-corrected chi connectivity index (χ3v) is 3.23. The zero-order chi connectivity index (χ0) is 12.8. The molecule has 0 aliphatic rings. The molecule has 0 spiro atoms. The molecule has 0 radical (unpaired) electrons. The van der Waals surface area contributed by atoms with Gasteiger partial charge in [0.1, 0.15) is 0 Å². The number of benzene rings is 2. The quantitative estimate of drug-likeness (QED) is 0.599. The highest BCUT2D eigenvalue weighted by Crippen LogP contribution is 2.36. The molecular weight excluding hydrogens is 272 g/mol. The fourth-order valence-electron chi connectivity index (χ4n) is 1.61. The zero-order valence-electron chi connectivity index (χ0n) is 8.70. The van der Waals surface area contributed by atoms with Crippen LogP contribution in [0, 0.1) is 6.92 Å². The van der Waals surface area contributed by atoms with E-state index in [1.54, 1.807) is 13.0 Å². The molecule has 17 heavy (non-hydrogen) atoms. The standard InChI is InChI=1S/C12H7Cl2F3/c1-6-2-9-7(4-10(6)13)3-8(5-11(9)14)12(15,16)17/h2-5H,1H3. The van der Waals surface area contributed by atoms with E-state index in [0.29, 0.717) is 15.8 Å². The molecule has 2 rings (SSSR count). The van der Waals surface area contributed by atoms with E-state index in [-0.39, 0.29) is 5.02 Å². The predicted octanol–water partition coefficient (Wildman–Crippen LogP) is 5.47. The van der Waals surface area contributed by atoms with Gasteiger partial charge in [0.2, 0.25) is 0 Å². The number of fused-ring (bicyclic) bond motifs is 1. The van der Waals surface area contributed by atoms with Gasteiger partial charge in [-0.25, -0.2) is 0 Å². The molecule has 2 aromatic carbocycles. The van der Waals surface area contributed by atoms with E-state index >= 15 is 0 Å². The van der Waals surface area contributed by atoms with Gasteiger partial charge in [-0.1, -0.05) is 23.2 Å². The van der Waals surface area contributed by atoms with Crippen LogP contribution in [0.3, 0.4) is 0 Å². The Balaban J connectivity index is 2.78. The molecular formula is C12H7Cl2F3. The highest BCUT2D eigenvalue weighted by Gasteiger charge is 2.31. The second-order valence-corrected chi connectivity index (χ2v) is 4.59. The maximum absolute atomic E-state index is 12.6. The molecule has 5 heteroatoms. The van der Waals surface area contributed by atoms with E-state index < -0.39 is 11.7 Å². The lowest BCUT2D eigenvalue weighted by atomic mass is 10.0. The Labute approximate surface area is 106 Å². The average molecular weight is 279 g/mol. The minimum atomic E-state index is -4.41. The summed E-state index contributed by atoms with van der Waals surface area (Å²) in [6, 6.07) is 5.15. The summed E-state index contributed by atoms with van der Waals surface area (Å²) < 4.78 is 37.8. The van der Waals surface area contributed by atoms with Gasteiger partial charge >= 0.3 is 6.18 Å². The smallest absolute Gasteiger partial charge is 0.166 e. The topological polar surface area (TPSA) is 0 Å². The molecule has 0 aliphatic carbocycles. The van der Waals surface area contributed by atoms with Gasteiger partial charge < -0.3 is 0 Å². The third-order valence-electron chi connectivity index (χ3n) is 2.51. The first kappa shape index (κ1) is 12.5. The minimum absolute atomic E-state index is 0.0783. The van der Waals surface area contributed by atoms with Crippen LogP contribution in [0.25, 0.3) is 10.8 Å². The van der Waals surface area contributed by atoms with Crippen LogP contribution in [0.1, 0.15) is 11.1 Å². The van der Waals surface area contributed by atoms with Gasteiger partial charge in [-0.3, -0.25) is 0 Å². The van der Waals surface area contributed by atoms with Gasteiger partial charge in [0.05, 0.1) is 5.56 Å². The Kier molecular flexibility index (Phi) is 3.00. The van der Waals surface area contributed by atoms with Gasteiger partial charge in [0, 0.05) is 15.4 Å². The summed E-state index contributed by atoms with van der Waals surface area (Å²) in [5.74, 6) is 0. The maximum Gasteiger partial charge on any atom is 0.416 e. The molecule has 0 aromatic heterocycles. The van der Waals surface area contributed by atoms with E-state index in [1.165, 1.54) is 6.07 Å². The lowest BCUT2D eigenvalue weighted by molar-refractivity contribution is -0.137. The van der Waals surface area contributed by atoms with Crippen LogP contribution < -0.4 is 0 Å². The number of rotatable bonds is 0. The Morgan fingerprint density at radius 1 is 0.941 bits per heavy atom. The summed E-state index contributed by atoms with van der Waals surface area (Å²) in [6.07, 6.45) is -4.41. The van der Waals surface area contributed by atoms with Crippen molar-refractivity contribution in [1.29, 1.82) is 0 Å². The highest BCUT2D eigenvalue weighted by molar-refractivity contribution is 6.36. The van der Waals surface area contributed by atoms with Crippen LogP contribution in [0.5, 0.6) is 0 Å². The fourth-order valence-corrected chi connectivity index (χ4v) is 2.06. The summed E-state index contributed by atoms with van der Waals surface area (Å²) >= 11 is 11.7. The molecule has 0 amide bonds. The van der Waals surface area contributed by atoms with Crippen molar-refractivity contribution in [3.63, 3.8) is 0 Å². The first-order valence-corrected chi connectivity index (χ1v) is 5.51. The molecule has 0 saturated carbocycles. The number of halogens is 5. The van der Waals surface area contributed by atoms with Crippen LogP contribution in [0.4, 0.5) is 13.2 Å². The SMILES string of the molecule is Cc1cc2c(Cl)cc(C(F)(F)F)cc2cc1Cl. The van der Waals surface area contributed by atoms with Gasteiger partial charge in [-0.2, -0.15) is 13.2 Å². The Morgan fingerprint density at radius 2 is 1.59 bits per heavy atom. The van der Waals surface area contributed by atoms with Gasteiger partial charge in [-0.15, -0.1) is 0 Å². The first-order chi connectivity index (χ1) is 7.79. The first-order valence-electron chi connectivity index (χ1n) is 4.75. The summed E-state index contributed by atoms with van der Waals surface area (Å²) in [4.78, 5) is 0. The molecule has 0 bridgehead atoms. The van der Waals surface area contributed by atoms with Crippen molar-refractivity contribution in [2.24, 2.45) is 0 Å². The molecule has 0 heterocycles. The molecule has 0 nitrogen and oxygen atoms in total. The average Bonchev–Trinajstić information content (AvgIpc) is 2.19. The summed E-state index contributed by atoms with van der Waals surface area (Å²) in [5.41, 5.74) is 0.00995. The lowest BCUT2D eigenvalue weighted by Crippen LogP contribution is -2.04. The lowest BCUT2D eigenvalue weighted by Gasteiger charge is -2.10. The van der Waals surface area contributed by atoms with E-state index in [1.807, 2.05) is 0 Å². The summed E-state index contributed by atoms with van der Waals surface area (Å²) in [7, 11) is 0. The molecule has 0 aliphatic heterocycles. The van der Waals surface area contributed by atoms with Gasteiger partial charge in [0.25, 0.3) is 0 Å². The molecule has 0 atom stereocenters. The van der Waals surface area contributed by atoms with Gasteiger partial charge in [-0.05, 0) is 42.1 Å². The predicted molar refractivity (Wildman–Crippen MR) is 63.7 cm³/mol. The van der Waals surface area contributed by atoms with Crippen LogP contribution in [0.15, 0.2) is 24.3 Å². The summed E-state index contributed by atoms with van der Waals surface area (Å²) in [5, 5.41) is 1.46. The van der Waals surface area contributed by atoms with Gasteiger partial charge in [0.15, 0.2) is 0 Å². The number of aryl methyl sites for hydroxylation is 1. The van der Waals surface area contributed by atoms with E-state index in [0.717, 1.165) is 17.7 Å². The van der Waals surface area contributed by atoms with Crippen molar-refractivity contribution in [2.75, 3.05) is 0 Å². The van der Waals surface area contributed by atoms with E-state index in [9.17, 15) is 13.2 Å². The second kappa shape index (κ2) is 4.07. The van der Waals surface area contributed by atoms with Crippen molar-refractivity contribution in [2.45, 2.75) is 13.1 Å². The third kappa shape index (κ3) is 2.35. The zero-order valence-corrected chi connectivity index (χ0v) is 10.2. The maximum atomic E-state index is 12.6. The number of hydrogen-bond donors (Lipinski definition) is 0. The van der Waals surface area contributed by atoms with Crippen molar-refractivity contribution < 1.29 is 13.2 Å². The summed E-state index contributed by atoms with van der Waals surface area (Å²) in [6.45, 7) is 1.77. The monoisotopic (exact) mass is 278 g/mol. The van der Waals surface area contributed by atoms with Crippen LogP contribution in [-0.2, 0) is 6.18 Å². The van der Waals surface area contributed by atoms with E-state index in [4.69, 9.17) is 23.2 Å². The largest absolute Gasteiger partial charge is 0.416 e. The Bertz CT molecular complexity index is 588. The molecule has 0 N–H and O–H groups in total. The van der Waals surface area contributed by atoms with Crippen molar-refractivity contribution in [1.82, 2.24) is 0 Å². The van der Waals surface area contributed by atoms with Crippen LogP contribution in [-0.4, -0.2) is 0 Å². The van der Waals surface area contributed by atoms with Crippen LogP contribution >= 0.6 is 23.2 Å². The molecule has 2 aromatic rings. The molecule has 0 fully saturated rings. The minimum Gasteiger partial charge on any atom is -0.166 e. The fraction of sp³-hybridized carbons (Fsp3) is 0.167. The van der Waals surface area contributed by atoms with E-state index in [2.05, 4.69) is 0 Å².